The molecule has 4 atom stereocenters. The van der Waals surface area contributed by atoms with Gasteiger partial charge < -0.3 is 4.90 Å². The summed E-state index contributed by atoms with van der Waals surface area (Å²) in [7, 11) is 0. The predicted molar refractivity (Wildman–Crippen MR) is 70.2 cm³/mol. The van der Waals surface area contributed by atoms with Gasteiger partial charge in [-0.3, -0.25) is 9.69 Å². The summed E-state index contributed by atoms with van der Waals surface area (Å²) in [5, 5.41) is 0. The van der Waals surface area contributed by atoms with Crippen molar-refractivity contribution < 1.29 is 4.79 Å². The summed E-state index contributed by atoms with van der Waals surface area (Å²) >= 11 is 0. The smallest absolute Gasteiger partial charge is 0.227 e. The highest BCUT2D eigenvalue weighted by Crippen LogP contribution is 2.43. The van der Waals surface area contributed by atoms with Crippen molar-refractivity contribution in [3.63, 3.8) is 0 Å². The Balaban J connectivity index is 1.63. The Morgan fingerprint density at radius 1 is 0.944 bits per heavy atom. The number of rotatable bonds is 0. The van der Waals surface area contributed by atoms with Crippen LogP contribution in [0.5, 0.6) is 0 Å². The van der Waals surface area contributed by atoms with Gasteiger partial charge in [0.05, 0.1) is 5.92 Å². The SMILES string of the molecule is O=C1[C@H]2C[C@H](CN3CCCC[C@H]23)[C@H]2CCCCN12. The van der Waals surface area contributed by atoms with Gasteiger partial charge in [-0.15, -0.1) is 0 Å². The molecule has 0 radical (unpaired) electrons. The Kier molecular flexibility index (Phi) is 2.65. The van der Waals surface area contributed by atoms with Crippen LogP contribution in [0.25, 0.3) is 0 Å². The fourth-order valence-electron chi connectivity index (χ4n) is 5.04. The fraction of sp³-hybridized carbons (Fsp3) is 0.933. The van der Waals surface area contributed by atoms with Crippen LogP contribution in [0, 0.1) is 11.8 Å². The molecule has 4 heterocycles. The number of piperidine rings is 4. The van der Waals surface area contributed by atoms with E-state index >= 15 is 0 Å². The third-order valence-corrected chi connectivity index (χ3v) is 5.85. The number of nitrogens with zero attached hydrogens (tertiary/aromatic N) is 2. The first-order valence-electron chi connectivity index (χ1n) is 7.89. The van der Waals surface area contributed by atoms with Crippen molar-refractivity contribution in [3.8, 4) is 0 Å². The van der Waals surface area contributed by atoms with Crippen molar-refractivity contribution in [1.29, 1.82) is 0 Å². The van der Waals surface area contributed by atoms with E-state index in [1.54, 1.807) is 0 Å². The first-order valence-corrected chi connectivity index (χ1v) is 7.89. The van der Waals surface area contributed by atoms with Gasteiger partial charge in [0.15, 0.2) is 0 Å². The van der Waals surface area contributed by atoms with Crippen molar-refractivity contribution >= 4 is 5.91 Å². The van der Waals surface area contributed by atoms with E-state index in [-0.39, 0.29) is 0 Å². The van der Waals surface area contributed by atoms with Crippen molar-refractivity contribution in [2.45, 2.75) is 57.0 Å². The van der Waals surface area contributed by atoms with Gasteiger partial charge in [0.25, 0.3) is 0 Å². The summed E-state index contributed by atoms with van der Waals surface area (Å²) in [5.41, 5.74) is 0. The number of hydrogen-bond acceptors (Lipinski definition) is 2. The molecule has 4 rings (SSSR count). The molecule has 3 nitrogen and oxygen atoms in total. The van der Waals surface area contributed by atoms with Crippen molar-refractivity contribution in [2.24, 2.45) is 11.8 Å². The van der Waals surface area contributed by atoms with Crippen molar-refractivity contribution in [2.75, 3.05) is 19.6 Å². The largest absolute Gasteiger partial charge is 0.339 e. The van der Waals surface area contributed by atoms with Crippen LogP contribution in [-0.2, 0) is 4.79 Å². The average molecular weight is 248 g/mol. The maximum absolute atomic E-state index is 12.7. The third kappa shape index (κ3) is 1.56. The molecule has 0 spiro atoms. The zero-order chi connectivity index (χ0) is 12.1. The molecule has 18 heavy (non-hydrogen) atoms. The maximum Gasteiger partial charge on any atom is 0.227 e. The van der Waals surface area contributed by atoms with E-state index in [0.29, 0.717) is 23.9 Å². The highest BCUT2D eigenvalue weighted by molar-refractivity contribution is 5.81. The third-order valence-electron chi connectivity index (χ3n) is 5.85. The fourth-order valence-corrected chi connectivity index (χ4v) is 5.04. The summed E-state index contributed by atoms with van der Waals surface area (Å²) in [6.07, 6.45) is 8.97. The van der Waals surface area contributed by atoms with E-state index in [0.717, 1.165) is 12.5 Å². The van der Waals surface area contributed by atoms with Crippen LogP contribution in [-0.4, -0.2) is 47.4 Å². The van der Waals surface area contributed by atoms with E-state index in [1.807, 2.05) is 0 Å². The maximum atomic E-state index is 12.7. The monoisotopic (exact) mass is 248 g/mol. The molecule has 0 aromatic heterocycles. The molecule has 2 bridgehead atoms. The van der Waals surface area contributed by atoms with E-state index in [9.17, 15) is 4.79 Å². The Bertz CT molecular complexity index is 354. The first-order chi connectivity index (χ1) is 8.84. The molecule has 4 fully saturated rings. The molecule has 100 valence electrons. The molecule has 0 saturated carbocycles. The molecular formula is C15H24N2O. The minimum Gasteiger partial charge on any atom is -0.339 e. The van der Waals surface area contributed by atoms with Crippen molar-refractivity contribution in [3.05, 3.63) is 0 Å². The lowest BCUT2D eigenvalue weighted by Gasteiger charge is -2.56. The van der Waals surface area contributed by atoms with Crippen LogP contribution in [0.2, 0.25) is 0 Å². The molecule has 0 aromatic carbocycles. The molecule has 4 aliphatic heterocycles. The summed E-state index contributed by atoms with van der Waals surface area (Å²) in [5.74, 6) is 1.63. The van der Waals surface area contributed by atoms with Gasteiger partial charge in [-0.25, -0.2) is 0 Å². The lowest BCUT2D eigenvalue weighted by atomic mass is 9.70. The van der Waals surface area contributed by atoms with Crippen LogP contribution in [0.4, 0.5) is 0 Å². The number of hydrogen-bond donors (Lipinski definition) is 0. The van der Waals surface area contributed by atoms with Crippen LogP contribution >= 0.6 is 0 Å². The number of carbonyl (C=O) groups is 1. The number of fused-ring (bicyclic) bond motifs is 6. The van der Waals surface area contributed by atoms with Gasteiger partial charge in [-0.2, -0.15) is 0 Å². The van der Waals surface area contributed by atoms with E-state index < -0.39 is 0 Å². The minimum atomic E-state index is 0.346. The topological polar surface area (TPSA) is 23.6 Å². The molecule has 3 heteroatoms. The van der Waals surface area contributed by atoms with Crippen LogP contribution in [0.15, 0.2) is 0 Å². The molecule has 4 saturated heterocycles. The Morgan fingerprint density at radius 2 is 1.72 bits per heavy atom. The summed E-state index contributed by atoms with van der Waals surface area (Å²) in [6, 6.07) is 1.18. The lowest BCUT2D eigenvalue weighted by molar-refractivity contribution is -0.158. The quantitative estimate of drug-likeness (QED) is 0.653. The van der Waals surface area contributed by atoms with Gasteiger partial charge in [-0.1, -0.05) is 6.42 Å². The van der Waals surface area contributed by atoms with E-state index in [2.05, 4.69) is 9.80 Å². The van der Waals surface area contributed by atoms with Gasteiger partial charge in [0, 0.05) is 25.2 Å². The second kappa shape index (κ2) is 4.22. The highest BCUT2D eigenvalue weighted by atomic mass is 16.2. The minimum absolute atomic E-state index is 0.346. The van der Waals surface area contributed by atoms with Crippen molar-refractivity contribution in [1.82, 2.24) is 9.80 Å². The molecular weight excluding hydrogens is 224 g/mol. The lowest BCUT2D eigenvalue weighted by Crippen LogP contribution is -2.65. The Morgan fingerprint density at radius 3 is 2.61 bits per heavy atom. The van der Waals surface area contributed by atoms with Crippen LogP contribution in [0.3, 0.4) is 0 Å². The van der Waals surface area contributed by atoms with Gasteiger partial charge in [0.1, 0.15) is 0 Å². The molecule has 0 N–H and O–H groups in total. The average Bonchev–Trinajstić information content (AvgIpc) is 2.44. The molecule has 0 aliphatic carbocycles. The zero-order valence-corrected chi connectivity index (χ0v) is 11.2. The summed E-state index contributed by atoms with van der Waals surface area (Å²) < 4.78 is 0. The standard InChI is InChI=1S/C15H24N2O/c18-15-12-9-11(13-5-2-4-8-17(13)15)10-16-7-3-1-6-14(12)16/h11-14H,1-10H2/t11-,12+,13-,14-/m1/s1. The van der Waals surface area contributed by atoms with E-state index in [1.165, 1.54) is 58.0 Å². The summed E-state index contributed by atoms with van der Waals surface area (Å²) in [6.45, 7) is 3.57. The molecule has 1 amide bonds. The molecule has 0 aromatic rings. The zero-order valence-electron chi connectivity index (χ0n) is 11.2. The predicted octanol–water partition coefficient (Wildman–Crippen LogP) is 1.87. The van der Waals surface area contributed by atoms with Crippen LogP contribution in [0.1, 0.15) is 44.9 Å². The first kappa shape index (κ1) is 11.3. The Labute approximate surface area is 110 Å². The van der Waals surface area contributed by atoms with Gasteiger partial charge >= 0.3 is 0 Å². The number of amides is 1. The highest BCUT2D eigenvalue weighted by Gasteiger charge is 2.50. The molecule has 4 aliphatic rings. The van der Waals surface area contributed by atoms with Gasteiger partial charge in [0.2, 0.25) is 5.91 Å². The second-order valence-electron chi connectivity index (χ2n) is 6.76. The number of carbonyl (C=O) groups excluding carboxylic acids is 1. The Hall–Kier alpha value is -0.570. The molecule has 0 unspecified atom stereocenters. The second-order valence-corrected chi connectivity index (χ2v) is 6.76. The van der Waals surface area contributed by atoms with Gasteiger partial charge in [-0.05, 0) is 51.0 Å². The summed E-state index contributed by atoms with van der Waals surface area (Å²) in [4.78, 5) is 17.7. The van der Waals surface area contributed by atoms with E-state index in [4.69, 9.17) is 0 Å². The normalized spacial score (nSPS) is 44.4. The van der Waals surface area contributed by atoms with Crippen LogP contribution < -0.4 is 0 Å².